The summed E-state index contributed by atoms with van der Waals surface area (Å²) >= 11 is 0. The lowest BCUT2D eigenvalue weighted by Gasteiger charge is -2.18. The van der Waals surface area contributed by atoms with Crippen LogP contribution in [0, 0.1) is 0 Å². The maximum atomic E-state index is 12.1. The van der Waals surface area contributed by atoms with E-state index < -0.39 is 0 Å². The van der Waals surface area contributed by atoms with Crippen molar-refractivity contribution in [1.29, 1.82) is 0 Å². The molecule has 3 aromatic rings. The molecule has 6 heteroatoms. The number of carbonyl (C=O) groups is 1. The summed E-state index contributed by atoms with van der Waals surface area (Å²) in [6.07, 6.45) is 1.60. The molecule has 3 rings (SSSR count). The van der Waals surface area contributed by atoms with Crippen LogP contribution in [0.3, 0.4) is 0 Å². The first kappa shape index (κ1) is 17.9. The van der Waals surface area contributed by atoms with E-state index in [1.54, 1.807) is 11.0 Å². The van der Waals surface area contributed by atoms with Crippen LogP contribution in [0.2, 0.25) is 0 Å². The van der Waals surface area contributed by atoms with Gasteiger partial charge in [-0.1, -0.05) is 50.2 Å². The zero-order chi connectivity index (χ0) is 18.4. The average Bonchev–Trinajstić information content (AvgIpc) is 3.08. The summed E-state index contributed by atoms with van der Waals surface area (Å²) in [5.41, 5.74) is 6.85. The molecule has 1 aromatic heterocycles. The molecule has 0 saturated carbocycles. The second kappa shape index (κ2) is 8.49. The van der Waals surface area contributed by atoms with Crippen molar-refractivity contribution in [1.82, 2.24) is 19.9 Å². The Balaban J connectivity index is 1.53. The van der Waals surface area contributed by atoms with E-state index in [4.69, 9.17) is 0 Å². The molecule has 0 fully saturated rings. The Kier molecular flexibility index (Phi) is 5.86. The molecule has 0 aliphatic carbocycles. The number of nitrogens with zero attached hydrogens (tertiary/aromatic N) is 3. The van der Waals surface area contributed by atoms with E-state index in [2.05, 4.69) is 58.7 Å². The fourth-order valence-corrected chi connectivity index (χ4v) is 2.85. The maximum absolute atomic E-state index is 12.1. The molecule has 26 heavy (non-hydrogen) atoms. The molecular weight excluding hydrogens is 326 g/mol. The summed E-state index contributed by atoms with van der Waals surface area (Å²) in [4.78, 5) is 18.8. The van der Waals surface area contributed by atoms with Gasteiger partial charge in [0.2, 0.25) is 0 Å². The predicted molar refractivity (Wildman–Crippen MR) is 104 cm³/mol. The lowest BCUT2D eigenvalue weighted by molar-refractivity contribution is 0.249. The molecule has 0 aliphatic rings. The van der Waals surface area contributed by atoms with Gasteiger partial charge in [-0.3, -0.25) is 4.90 Å². The van der Waals surface area contributed by atoms with Crippen molar-refractivity contribution in [2.24, 2.45) is 0 Å². The van der Waals surface area contributed by atoms with E-state index in [0.29, 0.717) is 6.54 Å². The number of aromatic nitrogens is 2. The van der Waals surface area contributed by atoms with E-state index >= 15 is 0 Å². The van der Waals surface area contributed by atoms with Crippen LogP contribution >= 0.6 is 0 Å². The van der Waals surface area contributed by atoms with Gasteiger partial charge in [-0.25, -0.2) is 19.9 Å². The van der Waals surface area contributed by atoms with Crippen molar-refractivity contribution in [2.45, 2.75) is 26.9 Å². The summed E-state index contributed by atoms with van der Waals surface area (Å²) in [7, 11) is 0. The number of hydrogen-bond donors (Lipinski definition) is 2. The molecule has 0 radical (unpaired) electrons. The van der Waals surface area contributed by atoms with Gasteiger partial charge in [0, 0.05) is 13.1 Å². The zero-order valence-electron chi connectivity index (χ0n) is 15.3. The highest BCUT2D eigenvalue weighted by Gasteiger charge is 2.06. The molecule has 2 amide bonds. The SMILES string of the molecule is CCN(CC)Cc1ccc(CNC(=O)Nn2cnc3ccccc32)cc1. The van der Waals surface area contributed by atoms with E-state index in [1.165, 1.54) is 5.56 Å². The van der Waals surface area contributed by atoms with Crippen LogP contribution in [0.25, 0.3) is 11.0 Å². The number of fused-ring (bicyclic) bond motifs is 1. The molecule has 136 valence electrons. The molecule has 2 N–H and O–H groups in total. The molecule has 0 aliphatic heterocycles. The minimum Gasteiger partial charge on any atom is -0.333 e. The lowest BCUT2D eigenvalue weighted by atomic mass is 10.1. The number of hydrogen-bond acceptors (Lipinski definition) is 3. The van der Waals surface area contributed by atoms with Gasteiger partial charge in [0.1, 0.15) is 6.33 Å². The van der Waals surface area contributed by atoms with E-state index in [1.807, 2.05) is 24.3 Å². The Morgan fingerprint density at radius 1 is 1.04 bits per heavy atom. The third kappa shape index (κ3) is 4.40. The second-order valence-corrected chi connectivity index (χ2v) is 6.18. The molecule has 1 heterocycles. The summed E-state index contributed by atoms with van der Waals surface area (Å²) in [6, 6.07) is 15.8. The third-order valence-electron chi connectivity index (χ3n) is 4.45. The minimum absolute atomic E-state index is 0.264. The second-order valence-electron chi connectivity index (χ2n) is 6.18. The highest BCUT2D eigenvalue weighted by Crippen LogP contribution is 2.10. The first-order valence-electron chi connectivity index (χ1n) is 8.96. The zero-order valence-corrected chi connectivity index (χ0v) is 15.3. The average molecular weight is 351 g/mol. The van der Waals surface area contributed by atoms with E-state index in [9.17, 15) is 4.79 Å². The molecule has 0 atom stereocenters. The molecule has 6 nitrogen and oxygen atoms in total. The Morgan fingerprint density at radius 3 is 2.46 bits per heavy atom. The fraction of sp³-hybridized carbons (Fsp3) is 0.300. The number of urea groups is 1. The molecular formula is C20H25N5O. The number of imidazole rings is 1. The van der Waals surface area contributed by atoms with Crippen LogP contribution in [0.1, 0.15) is 25.0 Å². The predicted octanol–water partition coefficient (Wildman–Crippen LogP) is 3.33. The number of carbonyl (C=O) groups excluding carboxylic acids is 1. The molecule has 0 bridgehead atoms. The van der Waals surface area contributed by atoms with Gasteiger partial charge in [0.15, 0.2) is 0 Å². The van der Waals surface area contributed by atoms with Crippen LogP contribution in [0.15, 0.2) is 54.9 Å². The van der Waals surface area contributed by atoms with Crippen molar-refractivity contribution in [3.8, 4) is 0 Å². The van der Waals surface area contributed by atoms with Crippen molar-refractivity contribution in [2.75, 3.05) is 18.5 Å². The smallest absolute Gasteiger partial charge is 0.333 e. The normalized spacial score (nSPS) is 11.0. The number of benzene rings is 2. The van der Waals surface area contributed by atoms with Crippen LogP contribution in [0.5, 0.6) is 0 Å². The Bertz CT molecular complexity index is 852. The topological polar surface area (TPSA) is 62.2 Å². The molecule has 2 aromatic carbocycles. The first-order valence-corrected chi connectivity index (χ1v) is 8.96. The van der Waals surface area contributed by atoms with E-state index in [-0.39, 0.29) is 6.03 Å². The first-order chi connectivity index (χ1) is 12.7. The minimum atomic E-state index is -0.264. The number of nitrogens with one attached hydrogen (secondary N) is 2. The number of para-hydroxylation sites is 2. The van der Waals surface area contributed by atoms with Crippen molar-refractivity contribution in [3.05, 3.63) is 66.0 Å². The molecule has 0 unspecified atom stereocenters. The molecule has 0 spiro atoms. The summed E-state index contributed by atoms with van der Waals surface area (Å²) < 4.78 is 1.62. The largest absolute Gasteiger partial charge is 0.334 e. The Hall–Kier alpha value is -2.86. The number of amides is 2. The van der Waals surface area contributed by atoms with Crippen LogP contribution < -0.4 is 10.7 Å². The standard InChI is InChI=1S/C20H25N5O/c1-3-24(4-2)14-17-11-9-16(10-12-17)13-21-20(26)23-25-15-22-18-7-5-6-8-19(18)25/h5-12,15H,3-4,13-14H2,1-2H3,(H2,21,23,26). The van der Waals surface area contributed by atoms with Gasteiger partial charge < -0.3 is 5.32 Å². The van der Waals surface area contributed by atoms with Gasteiger partial charge in [-0.15, -0.1) is 0 Å². The highest BCUT2D eigenvalue weighted by molar-refractivity contribution is 5.85. The Labute approximate surface area is 153 Å². The summed E-state index contributed by atoms with van der Waals surface area (Å²) in [6.45, 7) is 7.86. The van der Waals surface area contributed by atoms with Crippen molar-refractivity contribution >= 4 is 17.1 Å². The van der Waals surface area contributed by atoms with Crippen molar-refractivity contribution < 1.29 is 4.79 Å². The number of rotatable bonds is 7. The third-order valence-corrected chi connectivity index (χ3v) is 4.45. The van der Waals surface area contributed by atoms with Crippen LogP contribution in [0.4, 0.5) is 4.79 Å². The van der Waals surface area contributed by atoms with Gasteiger partial charge in [-0.2, -0.15) is 0 Å². The quantitative estimate of drug-likeness (QED) is 0.686. The highest BCUT2D eigenvalue weighted by atomic mass is 16.2. The van der Waals surface area contributed by atoms with Crippen molar-refractivity contribution in [3.63, 3.8) is 0 Å². The lowest BCUT2D eigenvalue weighted by Crippen LogP contribution is -2.33. The van der Waals surface area contributed by atoms with Gasteiger partial charge in [-0.05, 0) is 36.3 Å². The molecule has 0 saturated heterocycles. The summed E-state index contributed by atoms with van der Waals surface area (Å²) in [5.74, 6) is 0. The van der Waals surface area contributed by atoms with Gasteiger partial charge in [0.05, 0.1) is 11.0 Å². The van der Waals surface area contributed by atoms with Gasteiger partial charge in [0.25, 0.3) is 0 Å². The summed E-state index contributed by atoms with van der Waals surface area (Å²) in [5, 5.41) is 2.88. The van der Waals surface area contributed by atoms with Gasteiger partial charge >= 0.3 is 6.03 Å². The van der Waals surface area contributed by atoms with Crippen LogP contribution in [-0.4, -0.2) is 33.7 Å². The maximum Gasteiger partial charge on any atom is 0.334 e. The fourth-order valence-electron chi connectivity index (χ4n) is 2.85. The van der Waals surface area contributed by atoms with E-state index in [0.717, 1.165) is 36.2 Å². The van der Waals surface area contributed by atoms with Crippen LogP contribution in [-0.2, 0) is 13.1 Å². The monoisotopic (exact) mass is 351 g/mol. The Morgan fingerprint density at radius 2 is 1.73 bits per heavy atom.